The monoisotopic (exact) mass is 342 g/mol. The molecule has 7 heteroatoms. The third-order valence-corrected chi connectivity index (χ3v) is 4.37. The van der Waals surface area contributed by atoms with Gasteiger partial charge >= 0.3 is 0 Å². The van der Waals surface area contributed by atoms with Crippen molar-refractivity contribution in [1.82, 2.24) is 28.9 Å². The fourth-order valence-electron chi connectivity index (χ4n) is 3.33. The maximum Gasteiger partial charge on any atom is 0.267 e. The minimum atomic E-state index is -0.108. The van der Waals surface area contributed by atoms with Gasteiger partial charge in [0.25, 0.3) is 5.56 Å². The maximum atomic E-state index is 13.1. The lowest BCUT2D eigenvalue weighted by molar-refractivity contribution is 0.853. The second-order valence-corrected chi connectivity index (χ2v) is 6.12. The van der Waals surface area contributed by atoms with Gasteiger partial charge < -0.3 is 0 Å². The molecule has 5 aromatic rings. The van der Waals surface area contributed by atoms with Crippen LogP contribution < -0.4 is 5.56 Å². The summed E-state index contributed by atoms with van der Waals surface area (Å²) in [5.74, 6) is 2.17. The smallest absolute Gasteiger partial charge is 0.267 e. The summed E-state index contributed by atoms with van der Waals surface area (Å²) in [6, 6.07) is 15.0. The van der Waals surface area contributed by atoms with Crippen molar-refractivity contribution in [2.24, 2.45) is 0 Å². The minimum Gasteiger partial charge on any atom is -0.268 e. The van der Waals surface area contributed by atoms with Crippen molar-refractivity contribution in [2.45, 2.75) is 13.8 Å². The van der Waals surface area contributed by atoms with E-state index in [9.17, 15) is 4.79 Å². The van der Waals surface area contributed by atoms with E-state index in [1.807, 2.05) is 60.9 Å². The van der Waals surface area contributed by atoms with Crippen LogP contribution in [-0.4, -0.2) is 28.9 Å². The number of fused-ring (bicyclic) bond motifs is 4. The zero-order chi connectivity index (χ0) is 17.8. The van der Waals surface area contributed by atoms with Crippen molar-refractivity contribution in [2.75, 3.05) is 0 Å². The summed E-state index contributed by atoms with van der Waals surface area (Å²) >= 11 is 0. The van der Waals surface area contributed by atoms with Crippen LogP contribution in [0.5, 0.6) is 0 Å². The third-order valence-electron chi connectivity index (χ3n) is 4.37. The standard InChI is InChI=1S/C19H14N6O/c1-11-20-12(2)22-18(21-11)25-16-10-6-5-9-15(16)24-17(26)13-7-3-4-8-14(13)23-19(24)25/h3-10H,1-2H3. The van der Waals surface area contributed by atoms with Crippen LogP contribution >= 0.6 is 0 Å². The number of hydrogen-bond donors (Lipinski definition) is 0. The first-order valence-corrected chi connectivity index (χ1v) is 8.24. The van der Waals surface area contributed by atoms with Crippen molar-refractivity contribution in [3.8, 4) is 5.95 Å². The van der Waals surface area contributed by atoms with Gasteiger partial charge in [-0.05, 0) is 38.1 Å². The van der Waals surface area contributed by atoms with E-state index < -0.39 is 0 Å². The van der Waals surface area contributed by atoms with Gasteiger partial charge in [-0.3, -0.25) is 4.79 Å². The highest BCUT2D eigenvalue weighted by atomic mass is 16.1. The lowest BCUT2D eigenvalue weighted by Crippen LogP contribution is -2.15. The molecule has 26 heavy (non-hydrogen) atoms. The van der Waals surface area contributed by atoms with E-state index in [1.165, 1.54) is 0 Å². The zero-order valence-electron chi connectivity index (χ0n) is 14.2. The first-order valence-electron chi connectivity index (χ1n) is 8.24. The Balaban J connectivity index is 2.06. The number of nitrogens with zero attached hydrogens (tertiary/aromatic N) is 6. The molecule has 0 unspecified atom stereocenters. The van der Waals surface area contributed by atoms with Crippen LogP contribution in [0.3, 0.4) is 0 Å². The second kappa shape index (κ2) is 5.19. The fraction of sp³-hybridized carbons (Fsp3) is 0.105. The molecule has 126 valence electrons. The van der Waals surface area contributed by atoms with E-state index in [-0.39, 0.29) is 5.56 Å². The summed E-state index contributed by atoms with van der Waals surface area (Å²) in [6.45, 7) is 3.64. The van der Waals surface area contributed by atoms with Crippen LogP contribution in [0.15, 0.2) is 53.3 Å². The Morgan fingerprint density at radius 1 is 0.769 bits per heavy atom. The Bertz CT molecular complexity index is 1360. The second-order valence-electron chi connectivity index (χ2n) is 6.12. The molecule has 3 heterocycles. The lowest BCUT2D eigenvalue weighted by Gasteiger charge is -2.06. The molecule has 0 aliphatic rings. The largest absolute Gasteiger partial charge is 0.268 e. The molecule has 0 amide bonds. The number of rotatable bonds is 1. The van der Waals surface area contributed by atoms with Gasteiger partial charge in [0, 0.05) is 0 Å². The highest BCUT2D eigenvalue weighted by Gasteiger charge is 2.18. The van der Waals surface area contributed by atoms with Gasteiger partial charge in [0.15, 0.2) is 0 Å². The average molecular weight is 342 g/mol. The van der Waals surface area contributed by atoms with Crippen LogP contribution in [0.4, 0.5) is 0 Å². The molecular formula is C19H14N6O. The van der Waals surface area contributed by atoms with Crippen molar-refractivity contribution in [3.05, 3.63) is 70.5 Å². The van der Waals surface area contributed by atoms with Crippen LogP contribution in [0.25, 0.3) is 33.7 Å². The van der Waals surface area contributed by atoms with E-state index in [1.54, 1.807) is 10.5 Å². The van der Waals surface area contributed by atoms with Crippen LogP contribution in [0.1, 0.15) is 11.6 Å². The quantitative estimate of drug-likeness (QED) is 0.468. The number of para-hydroxylation sites is 3. The number of aryl methyl sites for hydroxylation is 2. The van der Waals surface area contributed by atoms with Gasteiger partial charge in [-0.2, -0.15) is 9.97 Å². The third kappa shape index (κ3) is 1.97. The average Bonchev–Trinajstić information content (AvgIpc) is 2.95. The summed E-state index contributed by atoms with van der Waals surface area (Å²) in [7, 11) is 0. The van der Waals surface area contributed by atoms with Crippen LogP contribution in [0.2, 0.25) is 0 Å². The van der Waals surface area contributed by atoms with Crippen molar-refractivity contribution >= 4 is 27.7 Å². The normalized spacial score (nSPS) is 11.6. The lowest BCUT2D eigenvalue weighted by atomic mass is 10.2. The number of hydrogen-bond acceptors (Lipinski definition) is 5. The number of imidazole rings is 1. The molecule has 0 fully saturated rings. The Morgan fingerprint density at radius 2 is 1.42 bits per heavy atom. The molecular weight excluding hydrogens is 328 g/mol. The molecule has 0 saturated heterocycles. The Morgan fingerprint density at radius 3 is 2.19 bits per heavy atom. The Kier molecular flexibility index (Phi) is 2.94. The predicted octanol–water partition coefficient (Wildman–Crippen LogP) is 2.59. The van der Waals surface area contributed by atoms with Crippen molar-refractivity contribution < 1.29 is 0 Å². The number of benzene rings is 2. The predicted molar refractivity (Wildman–Crippen MR) is 98.7 cm³/mol. The molecule has 2 aromatic carbocycles. The molecule has 7 nitrogen and oxygen atoms in total. The van der Waals surface area contributed by atoms with E-state index >= 15 is 0 Å². The van der Waals surface area contributed by atoms with Gasteiger partial charge in [0.05, 0.1) is 21.9 Å². The van der Waals surface area contributed by atoms with Gasteiger partial charge in [0.2, 0.25) is 11.7 Å². The summed E-state index contributed by atoms with van der Waals surface area (Å²) in [5.41, 5.74) is 2.12. The Hall–Kier alpha value is -3.61. The van der Waals surface area contributed by atoms with E-state index in [2.05, 4.69) is 15.0 Å². The first kappa shape index (κ1) is 14.7. The molecule has 0 bridgehead atoms. The molecule has 0 atom stereocenters. The summed E-state index contributed by atoms with van der Waals surface area (Å²) in [4.78, 5) is 31.1. The molecule has 0 aliphatic heterocycles. The zero-order valence-corrected chi connectivity index (χ0v) is 14.2. The number of aromatic nitrogens is 6. The molecule has 3 aromatic heterocycles. The van der Waals surface area contributed by atoms with Crippen molar-refractivity contribution in [3.63, 3.8) is 0 Å². The fourth-order valence-corrected chi connectivity index (χ4v) is 3.33. The summed E-state index contributed by atoms with van der Waals surface area (Å²) < 4.78 is 3.43. The highest BCUT2D eigenvalue weighted by Crippen LogP contribution is 2.22. The topological polar surface area (TPSA) is 78.0 Å². The molecule has 0 radical (unpaired) electrons. The Labute approximate surface area is 147 Å². The first-order chi connectivity index (χ1) is 12.6. The van der Waals surface area contributed by atoms with Gasteiger partial charge in [-0.25, -0.2) is 18.9 Å². The van der Waals surface area contributed by atoms with E-state index in [4.69, 9.17) is 4.98 Å². The molecule has 0 N–H and O–H groups in total. The SMILES string of the molecule is Cc1nc(C)nc(-n2c3ccccc3n3c(=O)c4ccccc4nc23)n1. The molecule has 5 rings (SSSR count). The maximum absolute atomic E-state index is 13.1. The molecule has 0 saturated carbocycles. The molecule has 0 aliphatic carbocycles. The highest BCUT2D eigenvalue weighted by molar-refractivity contribution is 5.87. The van der Waals surface area contributed by atoms with Gasteiger partial charge in [-0.1, -0.05) is 24.3 Å². The van der Waals surface area contributed by atoms with Crippen LogP contribution in [-0.2, 0) is 0 Å². The van der Waals surface area contributed by atoms with Crippen LogP contribution in [0, 0.1) is 13.8 Å². The van der Waals surface area contributed by atoms with E-state index in [0.717, 1.165) is 11.0 Å². The van der Waals surface area contributed by atoms with E-state index in [0.29, 0.717) is 34.3 Å². The van der Waals surface area contributed by atoms with Gasteiger partial charge in [-0.15, -0.1) is 0 Å². The molecule has 0 spiro atoms. The summed E-state index contributed by atoms with van der Waals surface area (Å²) in [5, 5.41) is 0.580. The minimum absolute atomic E-state index is 0.108. The van der Waals surface area contributed by atoms with Gasteiger partial charge in [0.1, 0.15) is 11.6 Å². The summed E-state index contributed by atoms with van der Waals surface area (Å²) in [6.07, 6.45) is 0. The van der Waals surface area contributed by atoms with Crippen molar-refractivity contribution in [1.29, 1.82) is 0 Å².